The van der Waals surface area contributed by atoms with Crippen LogP contribution in [-0.4, -0.2) is 28.8 Å². The number of fused-ring (bicyclic) bond motifs is 1. The number of benzene rings is 1. The lowest BCUT2D eigenvalue weighted by atomic mass is 10.0. The van der Waals surface area contributed by atoms with Crippen LogP contribution in [0.2, 0.25) is 0 Å². The average Bonchev–Trinajstić information content (AvgIpc) is 2.79. The van der Waals surface area contributed by atoms with Gasteiger partial charge in [-0.05, 0) is 24.8 Å². The molecule has 0 bridgehead atoms. The molecule has 2 heterocycles. The van der Waals surface area contributed by atoms with E-state index in [2.05, 4.69) is 5.10 Å². The average molecular weight is 258 g/mol. The fourth-order valence-corrected chi connectivity index (χ4v) is 2.70. The summed E-state index contributed by atoms with van der Waals surface area (Å²) >= 11 is 0. The van der Waals surface area contributed by atoms with E-state index in [4.69, 9.17) is 4.74 Å². The minimum atomic E-state index is 0.0296. The lowest BCUT2D eigenvalue weighted by molar-refractivity contribution is 0.0605. The Kier molecular flexibility index (Phi) is 3.34. The molecule has 0 aliphatic carbocycles. The Labute approximate surface area is 112 Å². The number of ether oxygens (including phenoxy) is 1. The highest BCUT2D eigenvalue weighted by molar-refractivity contribution is 6.04. The van der Waals surface area contributed by atoms with Gasteiger partial charge < -0.3 is 4.74 Å². The number of ketones is 1. The molecule has 19 heavy (non-hydrogen) atoms. The van der Waals surface area contributed by atoms with Crippen LogP contribution in [0.3, 0.4) is 0 Å². The van der Waals surface area contributed by atoms with Gasteiger partial charge in [0.1, 0.15) is 5.69 Å². The van der Waals surface area contributed by atoms with Crippen LogP contribution in [0.1, 0.15) is 30.3 Å². The molecule has 1 aromatic heterocycles. The summed E-state index contributed by atoms with van der Waals surface area (Å²) < 4.78 is 7.37. The van der Waals surface area contributed by atoms with E-state index in [0.717, 1.165) is 43.5 Å². The summed E-state index contributed by atoms with van der Waals surface area (Å²) in [5.41, 5.74) is 1.64. The van der Waals surface area contributed by atoms with Crippen molar-refractivity contribution in [3.63, 3.8) is 0 Å². The zero-order valence-electron chi connectivity index (χ0n) is 11.1. The van der Waals surface area contributed by atoms with E-state index in [1.807, 2.05) is 28.9 Å². The molecule has 0 N–H and O–H groups in total. The van der Waals surface area contributed by atoms with Gasteiger partial charge in [0.25, 0.3) is 0 Å². The van der Waals surface area contributed by atoms with Crippen molar-refractivity contribution in [1.29, 1.82) is 0 Å². The van der Waals surface area contributed by atoms with Crippen LogP contribution >= 0.6 is 0 Å². The Balaban J connectivity index is 1.96. The molecule has 1 aliphatic rings. The second-order valence-corrected chi connectivity index (χ2v) is 5.16. The van der Waals surface area contributed by atoms with Crippen molar-refractivity contribution in [1.82, 2.24) is 9.78 Å². The summed E-state index contributed by atoms with van der Waals surface area (Å²) in [5, 5.41) is 5.47. The number of Topliss-reactive ketones (excluding diaryl/α,β-unsaturated/α-hetero) is 1. The van der Waals surface area contributed by atoms with Crippen molar-refractivity contribution in [3.05, 3.63) is 30.0 Å². The quantitative estimate of drug-likeness (QED) is 0.795. The van der Waals surface area contributed by atoms with Gasteiger partial charge in [-0.2, -0.15) is 5.10 Å². The Bertz CT molecular complexity index is 597. The van der Waals surface area contributed by atoms with Gasteiger partial charge >= 0.3 is 0 Å². The number of nitrogens with zero attached hydrogens (tertiary/aromatic N) is 2. The van der Waals surface area contributed by atoms with Gasteiger partial charge in [0.2, 0.25) is 0 Å². The molecule has 1 saturated heterocycles. The number of rotatable bonds is 3. The van der Waals surface area contributed by atoms with Gasteiger partial charge in [-0.15, -0.1) is 0 Å². The molecule has 3 rings (SSSR count). The first-order chi connectivity index (χ1) is 9.25. The molecule has 4 heteroatoms. The van der Waals surface area contributed by atoms with Crippen LogP contribution in [0, 0.1) is 5.92 Å². The first-order valence-corrected chi connectivity index (χ1v) is 6.80. The molecule has 0 spiro atoms. The van der Waals surface area contributed by atoms with Gasteiger partial charge in [-0.1, -0.05) is 18.2 Å². The minimum Gasteiger partial charge on any atom is -0.381 e. The predicted octanol–water partition coefficient (Wildman–Crippen LogP) is 2.67. The number of hydrogen-bond donors (Lipinski definition) is 0. The molecule has 4 nitrogen and oxygen atoms in total. The molecule has 100 valence electrons. The zero-order valence-corrected chi connectivity index (χ0v) is 11.1. The second-order valence-electron chi connectivity index (χ2n) is 5.16. The fraction of sp³-hybridized carbons (Fsp3) is 0.467. The molecule has 2 aromatic rings. The Morgan fingerprint density at radius 3 is 2.84 bits per heavy atom. The van der Waals surface area contributed by atoms with Crippen molar-refractivity contribution < 1.29 is 9.53 Å². The van der Waals surface area contributed by atoms with E-state index in [9.17, 15) is 4.79 Å². The summed E-state index contributed by atoms with van der Waals surface area (Å²) in [6.45, 7) is 4.12. The van der Waals surface area contributed by atoms with Crippen LogP contribution in [0.5, 0.6) is 0 Å². The lowest BCUT2D eigenvalue weighted by Gasteiger charge is -2.22. The highest BCUT2D eigenvalue weighted by Gasteiger charge is 2.18. The number of carbonyl (C=O) groups is 1. The summed E-state index contributed by atoms with van der Waals surface area (Å²) in [7, 11) is 0. The Hall–Kier alpha value is -1.68. The van der Waals surface area contributed by atoms with Gasteiger partial charge in [-0.25, -0.2) is 0 Å². The number of hydrogen-bond acceptors (Lipinski definition) is 3. The first-order valence-electron chi connectivity index (χ1n) is 6.80. The summed E-state index contributed by atoms with van der Waals surface area (Å²) in [6, 6.07) is 7.96. The van der Waals surface area contributed by atoms with Gasteiger partial charge in [0.15, 0.2) is 5.78 Å². The zero-order chi connectivity index (χ0) is 13.2. The van der Waals surface area contributed by atoms with Crippen molar-refractivity contribution in [2.24, 2.45) is 5.92 Å². The highest BCUT2D eigenvalue weighted by Crippen LogP contribution is 2.23. The molecule has 1 aromatic carbocycles. The van der Waals surface area contributed by atoms with Crippen molar-refractivity contribution in [2.75, 3.05) is 13.2 Å². The van der Waals surface area contributed by atoms with E-state index in [0.29, 0.717) is 11.6 Å². The molecule has 0 unspecified atom stereocenters. The predicted molar refractivity (Wildman–Crippen MR) is 73.3 cm³/mol. The van der Waals surface area contributed by atoms with Gasteiger partial charge in [0.05, 0.1) is 5.52 Å². The number of para-hydroxylation sites is 1. The molecule has 0 amide bonds. The minimum absolute atomic E-state index is 0.0296. The van der Waals surface area contributed by atoms with E-state index >= 15 is 0 Å². The second kappa shape index (κ2) is 5.13. The maximum absolute atomic E-state index is 11.7. The van der Waals surface area contributed by atoms with Crippen molar-refractivity contribution >= 4 is 16.7 Å². The molecule has 0 radical (unpaired) electrons. The summed E-state index contributed by atoms with van der Waals surface area (Å²) in [6.07, 6.45) is 2.15. The molecule has 1 fully saturated rings. The summed E-state index contributed by atoms with van der Waals surface area (Å²) in [5.74, 6) is 0.624. The van der Waals surface area contributed by atoms with Crippen LogP contribution in [0.25, 0.3) is 10.9 Å². The van der Waals surface area contributed by atoms with E-state index in [1.54, 1.807) is 6.92 Å². The number of aromatic nitrogens is 2. The molecule has 0 atom stereocenters. The smallest absolute Gasteiger partial charge is 0.180 e. The summed E-state index contributed by atoms with van der Waals surface area (Å²) in [4.78, 5) is 11.7. The molecule has 0 saturated carbocycles. The number of carbonyl (C=O) groups excluding carboxylic acids is 1. The highest BCUT2D eigenvalue weighted by atomic mass is 16.5. The SMILES string of the molecule is CC(=O)c1nn(CC2CCOCC2)c2ccccc12. The standard InChI is InChI=1S/C15H18N2O2/c1-11(18)15-13-4-2-3-5-14(13)17(16-15)10-12-6-8-19-9-7-12/h2-5,12H,6-10H2,1H3. The van der Waals surface area contributed by atoms with Crippen LogP contribution in [0.15, 0.2) is 24.3 Å². The maximum Gasteiger partial charge on any atom is 0.180 e. The molecule has 1 aliphatic heterocycles. The Morgan fingerprint density at radius 2 is 2.11 bits per heavy atom. The van der Waals surface area contributed by atoms with Crippen molar-refractivity contribution in [2.45, 2.75) is 26.3 Å². The topological polar surface area (TPSA) is 44.1 Å². The van der Waals surface area contributed by atoms with Gasteiger partial charge in [-0.3, -0.25) is 9.48 Å². The Morgan fingerprint density at radius 1 is 1.37 bits per heavy atom. The largest absolute Gasteiger partial charge is 0.381 e. The van der Waals surface area contributed by atoms with Crippen LogP contribution < -0.4 is 0 Å². The first kappa shape index (κ1) is 12.4. The third kappa shape index (κ3) is 2.40. The monoisotopic (exact) mass is 258 g/mol. The van der Waals surface area contributed by atoms with Crippen LogP contribution in [0.4, 0.5) is 0 Å². The van der Waals surface area contributed by atoms with E-state index in [-0.39, 0.29) is 5.78 Å². The third-order valence-electron chi connectivity index (χ3n) is 3.76. The normalized spacial score (nSPS) is 16.9. The maximum atomic E-state index is 11.7. The molecular weight excluding hydrogens is 240 g/mol. The van der Waals surface area contributed by atoms with Crippen molar-refractivity contribution in [3.8, 4) is 0 Å². The third-order valence-corrected chi connectivity index (χ3v) is 3.76. The van der Waals surface area contributed by atoms with Gasteiger partial charge in [0, 0.05) is 32.1 Å². The lowest BCUT2D eigenvalue weighted by Crippen LogP contribution is -2.21. The van der Waals surface area contributed by atoms with E-state index in [1.165, 1.54) is 0 Å². The van der Waals surface area contributed by atoms with Crippen LogP contribution in [-0.2, 0) is 11.3 Å². The van der Waals surface area contributed by atoms with E-state index < -0.39 is 0 Å². The fourth-order valence-electron chi connectivity index (χ4n) is 2.70. The molecular formula is C15H18N2O2.